The molecule has 0 aliphatic carbocycles. The number of nitrogens with zero attached hydrogens (tertiary/aromatic N) is 5. The molecule has 4 rings (SSSR count). The number of hydrogen-bond donors (Lipinski definition) is 1. The van der Waals surface area contributed by atoms with Crippen LogP contribution in [-0.2, 0) is 5.92 Å². The summed E-state index contributed by atoms with van der Waals surface area (Å²) in [4.78, 5) is 4.23. The maximum Gasteiger partial charge on any atom is 0.281 e. The molecule has 0 fully saturated rings. The first-order chi connectivity index (χ1) is 15.1. The maximum atomic E-state index is 14.2. The van der Waals surface area contributed by atoms with Crippen molar-refractivity contribution in [3.05, 3.63) is 58.2 Å². The summed E-state index contributed by atoms with van der Waals surface area (Å²) in [6.07, 6.45) is 3.84. The van der Waals surface area contributed by atoms with Gasteiger partial charge in [0.2, 0.25) is 0 Å². The van der Waals surface area contributed by atoms with Crippen molar-refractivity contribution in [3.63, 3.8) is 0 Å². The minimum atomic E-state index is -3.13. The summed E-state index contributed by atoms with van der Waals surface area (Å²) in [6.45, 7) is 5.59. The summed E-state index contributed by atoms with van der Waals surface area (Å²) < 4.78 is 37.0. The molecule has 0 saturated carbocycles. The van der Waals surface area contributed by atoms with E-state index in [0.29, 0.717) is 33.8 Å². The third kappa shape index (κ3) is 4.48. The third-order valence-electron chi connectivity index (χ3n) is 4.89. The minimum absolute atomic E-state index is 0.0222. The average molecular weight is 482 g/mol. The van der Waals surface area contributed by atoms with E-state index in [9.17, 15) is 13.9 Å². The van der Waals surface area contributed by atoms with E-state index < -0.39 is 12.0 Å². The van der Waals surface area contributed by atoms with Gasteiger partial charge in [0.05, 0.1) is 40.3 Å². The standard InChI is InChI=1S/C21H22ClF2N5O2S/c1-12(2)6-7-31-16-5-4-13(8-14(16)22)29-10-15(26-27-29)19(30)18-20(21(3,23)24)32-17-9-25-11-28(17)18/h4-5,8-12,19,30H,6-7H2,1-3H3. The normalized spacial score (nSPS) is 13.2. The van der Waals surface area contributed by atoms with E-state index in [1.165, 1.54) is 27.8 Å². The Labute approximate surface area is 192 Å². The molecule has 3 heterocycles. The van der Waals surface area contributed by atoms with E-state index in [0.717, 1.165) is 24.7 Å². The Morgan fingerprint density at radius 3 is 2.78 bits per heavy atom. The Kier molecular flexibility index (Phi) is 6.19. The lowest BCUT2D eigenvalue weighted by Crippen LogP contribution is -2.13. The molecular weight excluding hydrogens is 460 g/mol. The second-order valence-corrected chi connectivity index (χ2v) is 9.38. The topological polar surface area (TPSA) is 77.5 Å². The first-order valence-electron chi connectivity index (χ1n) is 10.0. The molecule has 32 heavy (non-hydrogen) atoms. The van der Waals surface area contributed by atoms with Crippen molar-refractivity contribution in [2.75, 3.05) is 6.61 Å². The van der Waals surface area contributed by atoms with Crippen LogP contribution in [0, 0.1) is 5.92 Å². The molecule has 3 aromatic heterocycles. The molecule has 1 atom stereocenters. The van der Waals surface area contributed by atoms with Gasteiger partial charge in [0.15, 0.2) is 0 Å². The summed E-state index contributed by atoms with van der Waals surface area (Å²) in [7, 11) is 0. The van der Waals surface area contributed by atoms with Crippen molar-refractivity contribution in [2.45, 2.75) is 39.2 Å². The molecule has 1 unspecified atom stereocenters. The van der Waals surface area contributed by atoms with Crippen molar-refractivity contribution in [1.29, 1.82) is 0 Å². The van der Waals surface area contributed by atoms with Crippen LogP contribution in [0.15, 0.2) is 36.9 Å². The van der Waals surface area contributed by atoms with Gasteiger partial charge < -0.3 is 9.84 Å². The van der Waals surface area contributed by atoms with Gasteiger partial charge in [-0.3, -0.25) is 4.40 Å². The SMILES string of the molecule is CC(C)CCOc1ccc(-n2cc(C(O)c3c(C(C)(F)F)sc4cncn34)nn2)cc1Cl. The fraction of sp³-hybridized carbons (Fsp3) is 0.381. The van der Waals surface area contributed by atoms with Gasteiger partial charge in [-0.25, -0.2) is 18.4 Å². The number of rotatable bonds is 8. The van der Waals surface area contributed by atoms with Crippen molar-refractivity contribution in [2.24, 2.45) is 5.92 Å². The van der Waals surface area contributed by atoms with E-state index in [4.69, 9.17) is 16.3 Å². The van der Waals surface area contributed by atoms with Crippen molar-refractivity contribution in [3.8, 4) is 11.4 Å². The molecule has 1 aromatic carbocycles. The van der Waals surface area contributed by atoms with E-state index >= 15 is 0 Å². The zero-order valence-electron chi connectivity index (χ0n) is 17.7. The van der Waals surface area contributed by atoms with Crippen LogP contribution < -0.4 is 4.74 Å². The van der Waals surface area contributed by atoms with Crippen LogP contribution in [0.4, 0.5) is 8.78 Å². The number of thiazole rings is 1. The highest BCUT2D eigenvalue weighted by atomic mass is 35.5. The predicted molar refractivity (Wildman–Crippen MR) is 118 cm³/mol. The number of aliphatic hydroxyl groups excluding tert-OH is 1. The summed E-state index contributed by atoms with van der Waals surface area (Å²) in [5.41, 5.74) is 0.738. The van der Waals surface area contributed by atoms with Gasteiger partial charge in [0.25, 0.3) is 5.92 Å². The van der Waals surface area contributed by atoms with Gasteiger partial charge >= 0.3 is 0 Å². The number of ether oxygens (including phenoxy) is 1. The van der Waals surface area contributed by atoms with Gasteiger partial charge in [-0.1, -0.05) is 30.7 Å². The molecule has 0 radical (unpaired) electrons. The minimum Gasteiger partial charge on any atom is -0.492 e. The van der Waals surface area contributed by atoms with E-state index in [1.54, 1.807) is 18.2 Å². The molecule has 170 valence electrons. The van der Waals surface area contributed by atoms with E-state index in [-0.39, 0.29) is 16.3 Å². The third-order valence-corrected chi connectivity index (χ3v) is 6.46. The Bertz CT molecular complexity index is 1230. The van der Waals surface area contributed by atoms with Gasteiger partial charge in [-0.15, -0.1) is 16.4 Å². The number of aromatic nitrogens is 5. The number of benzene rings is 1. The molecule has 0 spiro atoms. The zero-order valence-corrected chi connectivity index (χ0v) is 19.2. The van der Waals surface area contributed by atoms with Crippen LogP contribution in [0.5, 0.6) is 5.75 Å². The lowest BCUT2D eigenvalue weighted by atomic mass is 10.1. The lowest BCUT2D eigenvalue weighted by Gasteiger charge is -2.14. The molecule has 0 aliphatic heterocycles. The van der Waals surface area contributed by atoms with Crippen molar-refractivity contribution < 1.29 is 18.6 Å². The summed E-state index contributed by atoms with van der Waals surface area (Å²) in [5.74, 6) is -2.05. The first-order valence-corrected chi connectivity index (χ1v) is 11.2. The Morgan fingerprint density at radius 1 is 1.31 bits per heavy atom. The van der Waals surface area contributed by atoms with Gasteiger partial charge in [0, 0.05) is 6.92 Å². The largest absolute Gasteiger partial charge is 0.492 e. The van der Waals surface area contributed by atoms with Gasteiger partial charge in [0.1, 0.15) is 28.7 Å². The van der Waals surface area contributed by atoms with Gasteiger partial charge in [-0.05, 0) is 30.5 Å². The molecular formula is C21H22ClF2N5O2S. The molecule has 7 nitrogen and oxygen atoms in total. The molecule has 0 saturated heterocycles. The average Bonchev–Trinajstić information content (AvgIpc) is 3.43. The lowest BCUT2D eigenvalue weighted by molar-refractivity contribution is 0.0180. The van der Waals surface area contributed by atoms with E-state index in [1.807, 2.05) is 0 Å². The summed E-state index contributed by atoms with van der Waals surface area (Å²) >= 11 is 7.22. The van der Waals surface area contributed by atoms with Crippen LogP contribution >= 0.6 is 22.9 Å². The fourth-order valence-corrected chi connectivity index (χ4v) is 4.49. The number of halogens is 3. The highest BCUT2D eigenvalue weighted by Gasteiger charge is 2.35. The van der Waals surface area contributed by atoms with Gasteiger partial charge in [-0.2, -0.15) is 0 Å². The van der Waals surface area contributed by atoms with Crippen LogP contribution in [-0.4, -0.2) is 36.1 Å². The van der Waals surface area contributed by atoms with Crippen LogP contribution in [0.3, 0.4) is 0 Å². The molecule has 4 aromatic rings. The van der Waals surface area contributed by atoms with Crippen LogP contribution in [0.2, 0.25) is 5.02 Å². The molecule has 0 amide bonds. The Balaban J connectivity index is 1.60. The quantitative estimate of drug-likeness (QED) is 0.372. The highest BCUT2D eigenvalue weighted by Crippen LogP contribution is 2.40. The molecule has 0 aliphatic rings. The second-order valence-electron chi connectivity index (χ2n) is 7.94. The smallest absolute Gasteiger partial charge is 0.281 e. The van der Waals surface area contributed by atoms with Crippen LogP contribution in [0.1, 0.15) is 49.6 Å². The van der Waals surface area contributed by atoms with Crippen molar-refractivity contribution >= 4 is 27.8 Å². The van der Waals surface area contributed by atoms with E-state index in [2.05, 4.69) is 29.1 Å². The predicted octanol–water partition coefficient (Wildman–Crippen LogP) is 5.25. The van der Waals surface area contributed by atoms with Crippen LogP contribution in [0.25, 0.3) is 10.5 Å². The Hall–Kier alpha value is -2.56. The maximum absolute atomic E-state index is 14.2. The number of fused-ring (bicyclic) bond motifs is 1. The Morgan fingerprint density at radius 2 is 2.09 bits per heavy atom. The monoisotopic (exact) mass is 481 g/mol. The summed E-state index contributed by atoms with van der Waals surface area (Å²) in [5, 5.41) is 19.3. The number of aliphatic hydroxyl groups is 1. The first kappa shape index (κ1) is 22.6. The number of hydrogen-bond acceptors (Lipinski definition) is 6. The molecule has 11 heteroatoms. The summed E-state index contributed by atoms with van der Waals surface area (Å²) in [6, 6.07) is 5.16. The molecule has 1 N–H and O–H groups in total. The molecule has 0 bridgehead atoms. The fourth-order valence-electron chi connectivity index (χ4n) is 3.20. The zero-order chi connectivity index (χ0) is 23.0. The number of alkyl halides is 2. The second kappa shape index (κ2) is 8.76. The highest BCUT2D eigenvalue weighted by molar-refractivity contribution is 7.17. The number of imidazole rings is 1. The van der Waals surface area contributed by atoms with Crippen molar-refractivity contribution in [1.82, 2.24) is 24.4 Å².